The van der Waals surface area contributed by atoms with Crippen LogP contribution >= 0.6 is 23.2 Å². The number of azo groups is 1. The molecule has 0 aromatic heterocycles. The summed E-state index contributed by atoms with van der Waals surface area (Å²) in [6.45, 7) is 9.43. The number of amides is 2. The van der Waals surface area contributed by atoms with Gasteiger partial charge in [-0.2, -0.15) is 5.11 Å². The lowest BCUT2D eigenvalue weighted by molar-refractivity contribution is -0.133. The van der Waals surface area contributed by atoms with Gasteiger partial charge in [0.2, 0.25) is 0 Å². The summed E-state index contributed by atoms with van der Waals surface area (Å²) in [5, 5.41) is 11.6. The van der Waals surface area contributed by atoms with E-state index in [4.69, 9.17) is 28.2 Å². The van der Waals surface area contributed by atoms with Crippen LogP contribution in [0.4, 0.5) is 0 Å². The minimum Gasteiger partial charge on any atom is -0.345 e. The number of nitrogens with one attached hydrogen (secondary N) is 1. The molecule has 1 N–H and O–H groups in total. The van der Waals surface area contributed by atoms with E-state index in [2.05, 4.69) is 53.1 Å². The van der Waals surface area contributed by atoms with E-state index < -0.39 is 5.66 Å². The zero-order chi connectivity index (χ0) is 31.5. The summed E-state index contributed by atoms with van der Waals surface area (Å²) in [4.78, 5) is 38.9. The number of benzene rings is 2. The van der Waals surface area contributed by atoms with Crippen LogP contribution in [0.25, 0.3) is 0 Å². The smallest absolute Gasteiger partial charge is 0.275 e. The number of carbonyl (C=O) groups is 2. The van der Waals surface area contributed by atoms with Crippen molar-refractivity contribution in [3.63, 3.8) is 0 Å². The molecule has 10 heteroatoms. The van der Waals surface area contributed by atoms with Gasteiger partial charge in [0.05, 0.1) is 12.6 Å². The Balaban J connectivity index is 1.49. The Morgan fingerprint density at radius 1 is 1.09 bits per heavy atom. The average molecular weight is 638 g/mol. The molecule has 0 bridgehead atoms. The third kappa shape index (κ3) is 7.40. The highest BCUT2D eigenvalue weighted by molar-refractivity contribution is 6.47. The van der Waals surface area contributed by atoms with Crippen molar-refractivity contribution in [2.75, 3.05) is 13.2 Å². The fraction of sp³-hybridized carbons (Fsp3) is 0.529. The lowest BCUT2D eigenvalue weighted by atomic mass is 9.78. The molecule has 2 aromatic carbocycles. The summed E-state index contributed by atoms with van der Waals surface area (Å²) in [5.74, 6) is 0.856. The van der Waals surface area contributed by atoms with Gasteiger partial charge in [0.1, 0.15) is 11.4 Å². The van der Waals surface area contributed by atoms with Crippen molar-refractivity contribution in [1.29, 1.82) is 0 Å². The first-order valence-electron chi connectivity index (χ1n) is 15.7. The third-order valence-corrected chi connectivity index (χ3v) is 9.31. The number of halogens is 2. The number of hydrogen-bond acceptors (Lipinski definition) is 6. The molecule has 2 amide bonds. The summed E-state index contributed by atoms with van der Waals surface area (Å²) in [6.07, 6.45) is 7.71. The first-order chi connectivity index (χ1) is 21.0. The summed E-state index contributed by atoms with van der Waals surface area (Å²) in [7, 11) is 0. The van der Waals surface area contributed by atoms with Crippen LogP contribution in [0.15, 0.2) is 62.7 Å². The summed E-state index contributed by atoms with van der Waals surface area (Å²) in [5.41, 5.74) is 2.03. The van der Waals surface area contributed by atoms with Crippen LogP contribution in [0.2, 0.25) is 10.0 Å². The molecule has 0 radical (unpaired) electrons. The van der Waals surface area contributed by atoms with E-state index in [9.17, 15) is 9.59 Å². The van der Waals surface area contributed by atoms with E-state index >= 15 is 0 Å². The van der Waals surface area contributed by atoms with Crippen molar-refractivity contribution < 1.29 is 9.59 Å². The molecule has 1 fully saturated rings. The molecule has 1 saturated carbocycles. The monoisotopic (exact) mass is 636 g/mol. The number of hydrogen-bond donors (Lipinski definition) is 1. The Kier molecular flexibility index (Phi) is 9.90. The third-order valence-electron chi connectivity index (χ3n) is 8.88. The second-order valence-corrected chi connectivity index (χ2v) is 14.3. The molecule has 2 heterocycles. The van der Waals surface area contributed by atoms with E-state index in [0.717, 1.165) is 50.5 Å². The highest BCUT2D eigenvalue weighted by atomic mass is 35.5. The Bertz CT molecular complexity index is 1450. The Hall–Kier alpha value is -3.10. The molecule has 0 unspecified atom stereocenters. The predicted molar refractivity (Wildman–Crippen MR) is 177 cm³/mol. The van der Waals surface area contributed by atoms with E-state index in [1.807, 2.05) is 24.3 Å². The zero-order valence-corrected chi connectivity index (χ0v) is 27.6. The van der Waals surface area contributed by atoms with Gasteiger partial charge in [-0.15, -0.1) is 5.11 Å². The van der Waals surface area contributed by atoms with Gasteiger partial charge < -0.3 is 10.2 Å². The summed E-state index contributed by atoms with van der Waals surface area (Å²) >= 11 is 12.8. The van der Waals surface area contributed by atoms with Crippen molar-refractivity contribution in [2.24, 2.45) is 31.5 Å². The molecule has 1 spiro atoms. The molecule has 2 aliphatic heterocycles. The van der Waals surface area contributed by atoms with Gasteiger partial charge in [0, 0.05) is 21.2 Å². The molecule has 1 aliphatic carbocycles. The maximum Gasteiger partial charge on any atom is 0.275 e. The molecular formula is C34H42Cl2N6O2. The van der Waals surface area contributed by atoms with Crippen molar-refractivity contribution in [1.82, 2.24) is 10.2 Å². The second-order valence-electron chi connectivity index (χ2n) is 13.4. The Labute approximate surface area is 270 Å². The zero-order valence-electron chi connectivity index (χ0n) is 26.1. The van der Waals surface area contributed by atoms with Crippen LogP contribution < -0.4 is 5.32 Å². The molecular weight excluding hydrogens is 595 g/mol. The second kappa shape index (κ2) is 13.5. The largest absolute Gasteiger partial charge is 0.345 e. The van der Waals surface area contributed by atoms with Crippen LogP contribution in [0.5, 0.6) is 0 Å². The number of aliphatic imine (C=N–C) groups is 2. The number of amidine groups is 1. The van der Waals surface area contributed by atoms with E-state index in [1.54, 1.807) is 18.2 Å². The number of nitrogens with zero attached hydrogens (tertiary/aromatic N) is 5. The normalized spacial score (nSPS) is 22.4. The SMILES string of the molecule is CCCC1CCC2(CC1)N=C(c1cc(Cl)cc(Cl)c1)C(=O)N2[C@H](CCC(C)(C)C)c1ccc(C(=O)NCC2=NCN=N2)cc1. The van der Waals surface area contributed by atoms with Crippen molar-refractivity contribution in [2.45, 2.75) is 90.8 Å². The van der Waals surface area contributed by atoms with E-state index in [1.165, 1.54) is 6.42 Å². The molecule has 0 saturated heterocycles. The predicted octanol–water partition coefficient (Wildman–Crippen LogP) is 8.43. The van der Waals surface area contributed by atoms with Gasteiger partial charge in [-0.05, 0) is 85.8 Å². The van der Waals surface area contributed by atoms with Crippen LogP contribution in [-0.4, -0.2) is 47.1 Å². The van der Waals surface area contributed by atoms with Gasteiger partial charge >= 0.3 is 0 Å². The van der Waals surface area contributed by atoms with E-state index in [-0.39, 0.29) is 29.8 Å². The molecule has 5 rings (SSSR count). The number of rotatable bonds is 10. The highest BCUT2D eigenvalue weighted by Gasteiger charge is 2.51. The van der Waals surface area contributed by atoms with Crippen LogP contribution in [0.3, 0.4) is 0 Å². The fourth-order valence-electron chi connectivity index (χ4n) is 6.59. The van der Waals surface area contributed by atoms with Gasteiger partial charge in [-0.25, -0.2) is 4.99 Å². The molecule has 8 nitrogen and oxygen atoms in total. The first kappa shape index (κ1) is 32.3. The van der Waals surface area contributed by atoms with Gasteiger partial charge in [-0.1, -0.05) is 75.9 Å². The molecule has 2 aromatic rings. The fourth-order valence-corrected chi connectivity index (χ4v) is 7.12. The quantitative estimate of drug-likeness (QED) is 0.283. The van der Waals surface area contributed by atoms with Gasteiger partial charge in [0.25, 0.3) is 11.8 Å². The topological polar surface area (TPSA) is 98.8 Å². The van der Waals surface area contributed by atoms with Crippen molar-refractivity contribution in [3.05, 3.63) is 69.2 Å². The lowest BCUT2D eigenvalue weighted by Gasteiger charge is -2.46. The van der Waals surface area contributed by atoms with Gasteiger partial charge in [-0.3, -0.25) is 14.6 Å². The summed E-state index contributed by atoms with van der Waals surface area (Å²) < 4.78 is 0. The van der Waals surface area contributed by atoms with Gasteiger partial charge in [0.15, 0.2) is 12.5 Å². The Morgan fingerprint density at radius 2 is 1.77 bits per heavy atom. The minimum atomic E-state index is -0.638. The van der Waals surface area contributed by atoms with Crippen LogP contribution in [0.1, 0.15) is 107 Å². The molecule has 3 aliphatic rings. The molecule has 44 heavy (non-hydrogen) atoms. The van der Waals surface area contributed by atoms with Crippen molar-refractivity contribution in [3.8, 4) is 0 Å². The number of carbonyl (C=O) groups excluding carboxylic acids is 2. The lowest BCUT2D eigenvalue weighted by Crippen LogP contribution is -2.51. The standard InChI is InChI=1S/C34H42Cl2N6O2/c1-5-6-22-11-15-34(16-12-22)40-30(25-17-26(35)19-27(36)18-25)32(44)42(34)28(13-14-33(2,3)4)23-7-9-24(10-8-23)31(43)37-20-29-38-21-39-41-29/h7-10,17-19,22,28H,5-6,11-16,20-21H2,1-4H3,(H,37,43)/t22?,28-,34?/m1/s1. The molecule has 234 valence electrons. The maximum absolute atomic E-state index is 14.6. The van der Waals surface area contributed by atoms with Crippen LogP contribution in [-0.2, 0) is 4.79 Å². The maximum atomic E-state index is 14.6. The Morgan fingerprint density at radius 3 is 2.36 bits per heavy atom. The van der Waals surface area contributed by atoms with Crippen LogP contribution in [0, 0.1) is 11.3 Å². The average Bonchev–Trinajstić information content (AvgIpc) is 3.59. The summed E-state index contributed by atoms with van der Waals surface area (Å²) in [6, 6.07) is 12.6. The van der Waals surface area contributed by atoms with E-state index in [0.29, 0.717) is 45.3 Å². The first-order valence-corrected chi connectivity index (χ1v) is 16.4. The molecule has 1 atom stereocenters. The highest BCUT2D eigenvalue weighted by Crippen LogP contribution is 2.48. The van der Waals surface area contributed by atoms with Crippen molar-refractivity contribution >= 4 is 46.6 Å². The minimum absolute atomic E-state index is 0.0667.